The molecule has 1 amide bonds. The summed E-state index contributed by atoms with van der Waals surface area (Å²) in [5, 5.41) is 1.04. The average Bonchev–Trinajstić information content (AvgIpc) is 3.48. The van der Waals surface area contributed by atoms with E-state index >= 15 is 0 Å². The second-order valence-electron chi connectivity index (χ2n) is 6.95. The van der Waals surface area contributed by atoms with E-state index in [1.54, 1.807) is 14.2 Å². The van der Waals surface area contributed by atoms with E-state index in [1.807, 2.05) is 42.1 Å². The van der Waals surface area contributed by atoms with Crippen LogP contribution in [0.5, 0.6) is 5.75 Å². The van der Waals surface area contributed by atoms with Gasteiger partial charge in [-0.05, 0) is 31.0 Å². The Labute approximate surface area is 154 Å². The number of pyridine rings is 1. The largest absolute Gasteiger partial charge is 0.497 e. The third-order valence-electron chi connectivity index (χ3n) is 4.67. The number of amides is 1. The zero-order valence-corrected chi connectivity index (χ0v) is 16.0. The van der Waals surface area contributed by atoms with E-state index < -0.39 is 0 Å². The minimum absolute atomic E-state index is 0.187. The zero-order chi connectivity index (χ0) is 18.7. The normalized spacial score (nSPS) is 13.7. The maximum absolute atomic E-state index is 12.7. The van der Waals surface area contributed by atoms with Crippen LogP contribution in [-0.2, 0) is 16.1 Å². The van der Waals surface area contributed by atoms with Crippen molar-refractivity contribution in [2.45, 2.75) is 19.4 Å². The van der Waals surface area contributed by atoms with Gasteiger partial charge in [-0.1, -0.05) is 0 Å². The molecule has 0 saturated heterocycles. The van der Waals surface area contributed by atoms with Crippen LogP contribution in [0.15, 0.2) is 24.3 Å². The summed E-state index contributed by atoms with van der Waals surface area (Å²) in [7, 11) is 7.26. The Morgan fingerprint density at radius 3 is 2.62 bits per heavy atom. The molecule has 0 N–H and O–H groups in total. The van der Waals surface area contributed by atoms with Gasteiger partial charge >= 0.3 is 0 Å². The number of nitrogens with zero attached hydrogens (tertiary/aromatic N) is 3. The standard InChI is InChI=1S/C20H27N3O3/c1-22(2)19-16(11-15-7-8-17(26-4)12-18(15)21-19)13-23(9-10-25-3)20(24)14-5-6-14/h7-8,11-12,14H,5-6,9-10,13H2,1-4H3. The predicted molar refractivity (Wildman–Crippen MR) is 103 cm³/mol. The van der Waals surface area contributed by atoms with Crippen molar-refractivity contribution in [1.82, 2.24) is 9.88 Å². The number of methoxy groups -OCH3 is 2. The first-order chi connectivity index (χ1) is 12.5. The molecule has 0 unspecified atom stereocenters. The van der Waals surface area contributed by atoms with Gasteiger partial charge in [-0.15, -0.1) is 0 Å². The maximum atomic E-state index is 12.7. The molecule has 0 bridgehead atoms. The number of hydrogen-bond donors (Lipinski definition) is 0. The average molecular weight is 357 g/mol. The van der Waals surface area contributed by atoms with Crippen molar-refractivity contribution < 1.29 is 14.3 Å². The number of rotatable bonds is 8. The molecule has 2 aromatic rings. The van der Waals surface area contributed by atoms with Crippen molar-refractivity contribution in [3.8, 4) is 5.75 Å². The van der Waals surface area contributed by atoms with Gasteiger partial charge in [-0.2, -0.15) is 0 Å². The lowest BCUT2D eigenvalue weighted by Crippen LogP contribution is -2.35. The van der Waals surface area contributed by atoms with Crippen LogP contribution in [0.25, 0.3) is 10.9 Å². The van der Waals surface area contributed by atoms with E-state index in [0.29, 0.717) is 19.7 Å². The summed E-state index contributed by atoms with van der Waals surface area (Å²) < 4.78 is 10.5. The number of benzene rings is 1. The molecule has 1 aliphatic carbocycles. The Balaban J connectivity index is 1.95. The van der Waals surface area contributed by atoms with Crippen molar-refractivity contribution >= 4 is 22.6 Å². The molecule has 6 nitrogen and oxygen atoms in total. The summed E-state index contributed by atoms with van der Waals surface area (Å²) in [4.78, 5) is 21.4. The number of carbonyl (C=O) groups is 1. The number of anilines is 1. The van der Waals surface area contributed by atoms with E-state index in [2.05, 4.69) is 6.07 Å². The first kappa shape index (κ1) is 18.5. The van der Waals surface area contributed by atoms with Gasteiger partial charge in [0.2, 0.25) is 5.91 Å². The molecular formula is C20H27N3O3. The van der Waals surface area contributed by atoms with Crippen LogP contribution in [0.2, 0.25) is 0 Å². The highest BCUT2D eigenvalue weighted by Gasteiger charge is 2.33. The van der Waals surface area contributed by atoms with E-state index in [-0.39, 0.29) is 11.8 Å². The summed E-state index contributed by atoms with van der Waals surface area (Å²) in [6.07, 6.45) is 2.00. The molecule has 1 saturated carbocycles. The van der Waals surface area contributed by atoms with Gasteiger partial charge < -0.3 is 19.3 Å². The summed E-state index contributed by atoms with van der Waals surface area (Å²) in [5.74, 6) is 2.07. The Hall–Kier alpha value is -2.34. The molecule has 3 rings (SSSR count). The van der Waals surface area contributed by atoms with Crippen LogP contribution in [0, 0.1) is 5.92 Å². The molecule has 0 aliphatic heterocycles. The minimum Gasteiger partial charge on any atom is -0.497 e. The van der Waals surface area contributed by atoms with Crippen molar-refractivity contribution in [3.05, 3.63) is 29.8 Å². The lowest BCUT2D eigenvalue weighted by molar-refractivity contribution is -0.133. The second-order valence-corrected chi connectivity index (χ2v) is 6.95. The monoisotopic (exact) mass is 357 g/mol. The van der Waals surface area contributed by atoms with Gasteiger partial charge in [-0.25, -0.2) is 4.98 Å². The quantitative estimate of drug-likeness (QED) is 0.727. The first-order valence-corrected chi connectivity index (χ1v) is 8.96. The summed E-state index contributed by atoms with van der Waals surface area (Å²) >= 11 is 0. The lowest BCUT2D eigenvalue weighted by atomic mass is 10.1. The van der Waals surface area contributed by atoms with E-state index in [1.165, 1.54) is 0 Å². The number of carbonyl (C=O) groups excluding carboxylic acids is 1. The molecule has 26 heavy (non-hydrogen) atoms. The SMILES string of the molecule is COCCN(Cc1cc2ccc(OC)cc2nc1N(C)C)C(=O)C1CC1. The van der Waals surface area contributed by atoms with Crippen molar-refractivity contribution in [2.24, 2.45) is 5.92 Å². The summed E-state index contributed by atoms with van der Waals surface area (Å²) in [5.41, 5.74) is 1.92. The molecular weight excluding hydrogens is 330 g/mol. The van der Waals surface area contributed by atoms with Crippen molar-refractivity contribution in [2.75, 3.05) is 46.4 Å². The molecule has 1 fully saturated rings. The Kier molecular flexibility index (Phi) is 5.61. The first-order valence-electron chi connectivity index (χ1n) is 8.96. The number of aromatic nitrogens is 1. The topological polar surface area (TPSA) is 54.9 Å². The Bertz CT molecular complexity index is 787. The van der Waals surface area contributed by atoms with Gasteiger partial charge in [0.1, 0.15) is 11.6 Å². The van der Waals surface area contributed by atoms with E-state index in [9.17, 15) is 4.79 Å². The van der Waals surface area contributed by atoms with Crippen LogP contribution >= 0.6 is 0 Å². The van der Waals surface area contributed by atoms with Gasteiger partial charge in [0, 0.05) is 57.2 Å². The highest BCUT2D eigenvalue weighted by molar-refractivity contribution is 5.84. The van der Waals surface area contributed by atoms with Gasteiger partial charge in [0.05, 0.1) is 19.2 Å². The third-order valence-corrected chi connectivity index (χ3v) is 4.67. The number of hydrogen-bond acceptors (Lipinski definition) is 5. The number of ether oxygens (including phenoxy) is 2. The lowest BCUT2D eigenvalue weighted by Gasteiger charge is -2.25. The highest BCUT2D eigenvalue weighted by Crippen LogP contribution is 2.32. The highest BCUT2D eigenvalue weighted by atomic mass is 16.5. The Morgan fingerprint density at radius 2 is 2.00 bits per heavy atom. The van der Waals surface area contributed by atoms with Gasteiger partial charge in [0.15, 0.2) is 0 Å². The van der Waals surface area contributed by atoms with Crippen LogP contribution in [-0.4, -0.2) is 57.3 Å². The van der Waals surface area contributed by atoms with Gasteiger partial charge in [-0.3, -0.25) is 4.79 Å². The van der Waals surface area contributed by atoms with Crippen LogP contribution in [0.1, 0.15) is 18.4 Å². The van der Waals surface area contributed by atoms with Crippen molar-refractivity contribution in [3.63, 3.8) is 0 Å². The molecule has 1 heterocycles. The molecule has 1 aromatic heterocycles. The fraction of sp³-hybridized carbons (Fsp3) is 0.500. The fourth-order valence-electron chi connectivity index (χ4n) is 3.07. The van der Waals surface area contributed by atoms with E-state index in [4.69, 9.17) is 14.5 Å². The Morgan fingerprint density at radius 1 is 1.23 bits per heavy atom. The predicted octanol–water partition coefficient (Wildman–Crippen LogP) is 2.69. The molecule has 1 aliphatic rings. The molecule has 0 spiro atoms. The van der Waals surface area contributed by atoms with Gasteiger partial charge in [0.25, 0.3) is 0 Å². The van der Waals surface area contributed by atoms with E-state index in [0.717, 1.165) is 40.9 Å². The fourth-order valence-corrected chi connectivity index (χ4v) is 3.07. The maximum Gasteiger partial charge on any atom is 0.226 e. The van der Waals surface area contributed by atoms with Crippen molar-refractivity contribution in [1.29, 1.82) is 0 Å². The third kappa shape index (κ3) is 4.07. The zero-order valence-electron chi connectivity index (χ0n) is 16.0. The minimum atomic E-state index is 0.187. The molecule has 0 radical (unpaired) electrons. The summed E-state index contributed by atoms with van der Waals surface area (Å²) in [6, 6.07) is 7.99. The van der Waals surface area contributed by atoms with Crippen LogP contribution in [0.3, 0.4) is 0 Å². The molecule has 0 atom stereocenters. The second kappa shape index (κ2) is 7.91. The molecule has 6 heteroatoms. The smallest absolute Gasteiger partial charge is 0.226 e. The molecule has 140 valence electrons. The van der Waals surface area contributed by atoms with Crippen LogP contribution in [0.4, 0.5) is 5.82 Å². The summed E-state index contributed by atoms with van der Waals surface area (Å²) in [6.45, 7) is 1.68. The van der Waals surface area contributed by atoms with Crippen LogP contribution < -0.4 is 9.64 Å². The number of fused-ring (bicyclic) bond motifs is 1. The molecule has 1 aromatic carbocycles.